The van der Waals surface area contributed by atoms with Crippen molar-refractivity contribution in [3.63, 3.8) is 0 Å². The first-order valence-corrected chi connectivity index (χ1v) is 5.07. The van der Waals surface area contributed by atoms with Crippen molar-refractivity contribution in [1.29, 1.82) is 0 Å². The Hall–Kier alpha value is -1.26. The quantitative estimate of drug-likeness (QED) is 0.712. The summed E-state index contributed by atoms with van der Waals surface area (Å²) < 4.78 is 5.07. The van der Waals surface area contributed by atoms with Crippen molar-refractivity contribution < 1.29 is 14.3 Å². The molecule has 1 rings (SSSR count). The van der Waals surface area contributed by atoms with Crippen molar-refractivity contribution in [2.75, 3.05) is 0 Å². The highest BCUT2D eigenvalue weighted by atomic mass is 16.6. The van der Waals surface area contributed by atoms with Gasteiger partial charge in [-0.05, 0) is 33.6 Å². The van der Waals surface area contributed by atoms with Gasteiger partial charge >= 0.3 is 6.09 Å². The maximum absolute atomic E-state index is 11.3. The summed E-state index contributed by atoms with van der Waals surface area (Å²) in [6.45, 7) is 5.42. The molecule has 86 valence electrons. The molecule has 0 saturated heterocycles. The molecular weight excluding hydrogens is 196 g/mol. The average molecular weight is 214 g/mol. The first-order chi connectivity index (χ1) is 6.78. The number of primary amides is 1. The van der Waals surface area contributed by atoms with E-state index < -0.39 is 11.7 Å². The normalized spacial score (nSPS) is 25.3. The summed E-state index contributed by atoms with van der Waals surface area (Å²) in [5.41, 5.74) is 4.62. The lowest BCUT2D eigenvalue weighted by Gasteiger charge is -2.34. The zero-order valence-corrected chi connectivity index (χ0v) is 9.37. The number of rotatable bonds is 2. The largest absolute Gasteiger partial charge is 0.444 e. The van der Waals surface area contributed by atoms with Crippen LogP contribution in [0.15, 0.2) is 0 Å². The van der Waals surface area contributed by atoms with Crippen LogP contribution in [0, 0.1) is 5.92 Å². The number of hydrogen-bond donors (Lipinski definition) is 2. The van der Waals surface area contributed by atoms with Crippen LogP contribution in [-0.2, 0) is 9.53 Å². The summed E-state index contributed by atoms with van der Waals surface area (Å²) in [4.78, 5) is 22.0. The zero-order valence-electron chi connectivity index (χ0n) is 9.37. The van der Waals surface area contributed by atoms with E-state index in [-0.39, 0.29) is 17.9 Å². The second-order valence-corrected chi connectivity index (χ2v) is 4.91. The Bertz CT molecular complexity index is 264. The number of ether oxygens (including phenoxy) is 1. The van der Waals surface area contributed by atoms with E-state index in [2.05, 4.69) is 5.32 Å². The minimum absolute atomic E-state index is 0.0253. The standard InChI is InChI=1S/C10H18N2O3/c1-10(2,3)15-9(14)12-7-4-6(5-7)8(11)13/h6-7H,4-5H2,1-3H3,(H2,11,13)(H,12,14). The van der Waals surface area contributed by atoms with Crippen LogP contribution >= 0.6 is 0 Å². The molecule has 1 fully saturated rings. The second-order valence-electron chi connectivity index (χ2n) is 4.91. The van der Waals surface area contributed by atoms with Crippen LogP contribution < -0.4 is 11.1 Å². The number of amides is 2. The van der Waals surface area contributed by atoms with Crippen molar-refractivity contribution >= 4 is 12.0 Å². The Morgan fingerprint density at radius 3 is 2.27 bits per heavy atom. The van der Waals surface area contributed by atoms with E-state index in [4.69, 9.17) is 10.5 Å². The van der Waals surface area contributed by atoms with Crippen molar-refractivity contribution in [2.45, 2.75) is 45.3 Å². The third-order valence-electron chi connectivity index (χ3n) is 2.26. The van der Waals surface area contributed by atoms with E-state index in [1.165, 1.54) is 0 Å². The molecule has 1 saturated carbocycles. The molecule has 15 heavy (non-hydrogen) atoms. The molecule has 0 aromatic heterocycles. The van der Waals surface area contributed by atoms with E-state index in [1.807, 2.05) is 0 Å². The van der Waals surface area contributed by atoms with Crippen LogP contribution in [0.5, 0.6) is 0 Å². The fraction of sp³-hybridized carbons (Fsp3) is 0.800. The topological polar surface area (TPSA) is 81.4 Å². The maximum atomic E-state index is 11.3. The lowest BCUT2D eigenvalue weighted by atomic mass is 9.80. The van der Waals surface area contributed by atoms with Gasteiger partial charge in [0.25, 0.3) is 0 Å². The van der Waals surface area contributed by atoms with E-state index in [1.54, 1.807) is 20.8 Å². The Morgan fingerprint density at radius 2 is 1.87 bits per heavy atom. The summed E-state index contributed by atoms with van der Waals surface area (Å²) in [5.74, 6) is -0.387. The molecule has 0 atom stereocenters. The summed E-state index contributed by atoms with van der Waals surface area (Å²) in [7, 11) is 0. The molecule has 0 heterocycles. The lowest BCUT2D eigenvalue weighted by Crippen LogP contribution is -2.49. The number of carbonyl (C=O) groups is 2. The molecule has 0 aromatic carbocycles. The van der Waals surface area contributed by atoms with Crippen LogP contribution in [0.3, 0.4) is 0 Å². The number of nitrogens with two attached hydrogens (primary N) is 1. The van der Waals surface area contributed by atoms with Gasteiger partial charge in [0.15, 0.2) is 0 Å². The summed E-state index contributed by atoms with van der Waals surface area (Å²) in [6.07, 6.45) is 0.804. The van der Waals surface area contributed by atoms with Crippen LogP contribution in [0.1, 0.15) is 33.6 Å². The SMILES string of the molecule is CC(C)(C)OC(=O)NC1CC(C(N)=O)C1. The van der Waals surface area contributed by atoms with Gasteiger partial charge in [-0.3, -0.25) is 4.79 Å². The first kappa shape index (κ1) is 11.8. The van der Waals surface area contributed by atoms with Crippen molar-refractivity contribution in [1.82, 2.24) is 5.32 Å². The van der Waals surface area contributed by atoms with Gasteiger partial charge in [0.2, 0.25) is 5.91 Å². The van der Waals surface area contributed by atoms with Crippen molar-refractivity contribution in [3.8, 4) is 0 Å². The molecule has 3 N–H and O–H groups in total. The van der Waals surface area contributed by atoms with Crippen LogP contribution in [0.2, 0.25) is 0 Å². The minimum Gasteiger partial charge on any atom is -0.444 e. The molecule has 1 aliphatic rings. The van der Waals surface area contributed by atoms with E-state index in [9.17, 15) is 9.59 Å². The highest BCUT2D eigenvalue weighted by molar-refractivity contribution is 5.78. The van der Waals surface area contributed by atoms with E-state index >= 15 is 0 Å². The molecule has 1 aliphatic carbocycles. The van der Waals surface area contributed by atoms with Crippen molar-refractivity contribution in [2.24, 2.45) is 11.7 Å². The Balaban J connectivity index is 2.22. The molecule has 0 radical (unpaired) electrons. The molecule has 5 heteroatoms. The van der Waals surface area contributed by atoms with Gasteiger partial charge in [-0.15, -0.1) is 0 Å². The molecule has 0 aromatic rings. The van der Waals surface area contributed by atoms with Crippen molar-refractivity contribution in [3.05, 3.63) is 0 Å². The molecule has 2 amide bonds. The van der Waals surface area contributed by atoms with Gasteiger partial charge in [0.1, 0.15) is 5.60 Å². The molecule has 5 nitrogen and oxygen atoms in total. The molecule has 0 aliphatic heterocycles. The third-order valence-corrected chi connectivity index (χ3v) is 2.26. The monoisotopic (exact) mass is 214 g/mol. The molecule has 0 unspecified atom stereocenters. The van der Waals surface area contributed by atoms with Gasteiger partial charge in [0, 0.05) is 12.0 Å². The predicted molar refractivity (Wildman–Crippen MR) is 55.1 cm³/mol. The van der Waals surface area contributed by atoms with Gasteiger partial charge in [0.05, 0.1) is 0 Å². The summed E-state index contributed by atoms with van der Waals surface area (Å²) in [6, 6.07) is 0.0253. The Morgan fingerprint density at radius 1 is 1.33 bits per heavy atom. The van der Waals surface area contributed by atoms with Gasteiger partial charge in [-0.2, -0.15) is 0 Å². The molecular formula is C10H18N2O3. The third kappa shape index (κ3) is 3.77. The Kier molecular flexibility index (Phi) is 3.21. The Labute approximate surface area is 89.3 Å². The fourth-order valence-corrected chi connectivity index (χ4v) is 1.44. The maximum Gasteiger partial charge on any atom is 0.407 e. The number of hydrogen-bond acceptors (Lipinski definition) is 3. The van der Waals surface area contributed by atoms with E-state index in [0.717, 1.165) is 0 Å². The fourth-order valence-electron chi connectivity index (χ4n) is 1.44. The second kappa shape index (κ2) is 4.08. The lowest BCUT2D eigenvalue weighted by molar-refractivity contribution is -0.124. The van der Waals surface area contributed by atoms with Gasteiger partial charge in [-0.25, -0.2) is 4.79 Å². The van der Waals surface area contributed by atoms with Crippen LogP contribution in [0.4, 0.5) is 4.79 Å². The van der Waals surface area contributed by atoms with E-state index in [0.29, 0.717) is 12.8 Å². The van der Waals surface area contributed by atoms with Crippen LogP contribution in [-0.4, -0.2) is 23.6 Å². The predicted octanol–water partition coefficient (Wildman–Crippen LogP) is 0.775. The number of alkyl carbamates (subject to hydrolysis) is 1. The highest BCUT2D eigenvalue weighted by Gasteiger charge is 2.34. The number of carbonyl (C=O) groups excluding carboxylic acids is 2. The average Bonchev–Trinajstić information content (AvgIpc) is 1.91. The highest BCUT2D eigenvalue weighted by Crippen LogP contribution is 2.27. The zero-order chi connectivity index (χ0) is 11.6. The molecule has 0 bridgehead atoms. The first-order valence-electron chi connectivity index (χ1n) is 5.07. The van der Waals surface area contributed by atoms with Gasteiger partial charge in [-0.1, -0.05) is 0 Å². The number of nitrogens with one attached hydrogen (secondary N) is 1. The minimum atomic E-state index is -0.489. The van der Waals surface area contributed by atoms with Gasteiger partial charge < -0.3 is 15.8 Å². The smallest absolute Gasteiger partial charge is 0.407 e. The molecule has 0 spiro atoms. The van der Waals surface area contributed by atoms with Crippen LogP contribution in [0.25, 0.3) is 0 Å². The summed E-state index contributed by atoms with van der Waals surface area (Å²) >= 11 is 0. The summed E-state index contributed by atoms with van der Waals surface area (Å²) in [5, 5.41) is 2.69.